The highest BCUT2D eigenvalue weighted by atomic mass is 16.5. The van der Waals surface area contributed by atoms with Crippen LogP contribution in [0.15, 0.2) is 75.9 Å². The van der Waals surface area contributed by atoms with Gasteiger partial charge in [-0.2, -0.15) is 0 Å². The lowest BCUT2D eigenvalue weighted by molar-refractivity contribution is -0.123. The van der Waals surface area contributed by atoms with Gasteiger partial charge >= 0.3 is 0 Å². The Morgan fingerprint density at radius 3 is 2.73 bits per heavy atom. The van der Waals surface area contributed by atoms with Crippen LogP contribution in [0.1, 0.15) is 5.69 Å². The number of nitrogens with zero attached hydrogens (tertiary/aromatic N) is 1. The molecule has 26 heavy (non-hydrogen) atoms. The number of nitrogens with one attached hydrogen (secondary N) is 1. The average molecular weight is 348 g/mol. The molecular formula is C20H16N2O4. The normalized spacial score (nSPS) is 10.8. The molecule has 1 N–H and O–H groups in total. The van der Waals surface area contributed by atoms with Crippen molar-refractivity contribution < 1.29 is 18.5 Å². The smallest absolute Gasteiger partial charge is 0.258 e. The van der Waals surface area contributed by atoms with Crippen molar-refractivity contribution in [3.8, 4) is 17.3 Å². The number of aromatic nitrogens is 1. The second-order valence-corrected chi connectivity index (χ2v) is 5.73. The SMILES string of the molecule is O=C(COc1ccc2ccccc2c1)NCc1cc(-c2ccco2)on1. The number of hydrogen-bond acceptors (Lipinski definition) is 5. The Bertz CT molecular complexity index is 1020. The first-order valence-electron chi connectivity index (χ1n) is 8.16. The number of benzene rings is 2. The Labute approximate surface area is 149 Å². The van der Waals surface area contributed by atoms with Crippen LogP contribution in [0.3, 0.4) is 0 Å². The summed E-state index contributed by atoms with van der Waals surface area (Å²) in [5.41, 5.74) is 0.607. The quantitative estimate of drug-likeness (QED) is 0.574. The molecule has 0 fully saturated rings. The maximum absolute atomic E-state index is 12.0. The van der Waals surface area contributed by atoms with Gasteiger partial charge in [-0.25, -0.2) is 0 Å². The van der Waals surface area contributed by atoms with Crippen LogP contribution in [-0.4, -0.2) is 17.7 Å². The largest absolute Gasteiger partial charge is 0.484 e. The first-order chi connectivity index (χ1) is 12.8. The van der Waals surface area contributed by atoms with Crippen LogP contribution in [0.5, 0.6) is 5.75 Å². The van der Waals surface area contributed by atoms with E-state index < -0.39 is 0 Å². The predicted molar refractivity (Wildman–Crippen MR) is 95.5 cm³/mol. The van der Waals surface area contributed by atoms with Crippen molar-refractivity contribution in [2.24, 2.45) is 0 Å². The molecule has 2 heterocycles. The third kappa shape index (κ3) is 3.59. The maximum atomic E-state index is 12.0. The highest BCUT2D eigenvalue weighted by molar-refractivity contribution is 5.84. The minimum absolute atomic E-state index is 0.0682. The zero-order chi connectivity index (χ0) is 17.8. The van der Waals surface area contributed by atoms with Gasteiger partial charge in [-0.1, -0.05) is 35.5 Å². The molecule has 0 saturated carbocycles. The van der Waals surface area contributed by atoms with Crippen molar-refractivity contribution >= 4 is 16.7 Å². The molecule has 6 heteroatoms. The van der Waals surface area contributed by atoms with E-state index >= 15 is 0 Å². The van der Waals surface area contributed by atoms with E-state index in [1.165, 1.54) is 0 Å². The zero-order valence-electron chi connectivity index (χ0n) is 13.8. The molecule has 0 bridgehead atoms. The molecule has 0 radical (unpaired) electrons. The van der Waals surface area contributed by atoms with E-state index in [1.807, 2.05) is 42.5 Å². The van der Waals surface area contributed by atoms with E-state index in [0.717, 1.165) is 10.8 Å². The molecule has 0 aliphatic heterocycles. The Morgan fingerprint density at radius 1 is 1.00 bits per heavy atom. The molecule has 4 rings (SSSR count). The van der Waals surface area contributed by atoms with Gasteiger partial charge in [0.25, 0.3) is 5.91 Å². The number of furan rings is 1. The fraction of sp³-hybridized carbons (Fsp3) is 0.100. The first-order valence-corrected chi connectivity index (χ1v) is 8.16. The van der Waals surface area contributed by atoms with Gasteiger partial charge in [0.05, 0.1) is 12.8 Å². The van der Waals surface area contributed by atoms with Gasteiger partial charge in [-0.05, 0) is 35.0 Å². The summed E-state index contributed by atoms with van der Waals surface area (Å²) in [4.78, 5) is 12.0. The predicted octanol–water partition coefficient (Wildman–Crippen LogP) is 3.78. The van der Waals surface area contributed by atoms with Crippen LogP contribution < -0.4 is 10.1 Å². The number of amides is 1. The third-order valence-corrected chi connectivity index (χ3v) is 3.88. The second-order valence-electron chi connectivity index (χ2n) is 5.73. The number of ether oxygens (including phenoxy) is 1. The number of carbonyl (C=O) groups excluding carboxylic acids is 1. The molecule has 0 unspecified atom stereocenters. The van der Waals surface area contributed by atoms with Gasteiger partial charge in [0.15, 0.2) is 12.4 Å². The van der Waals surface area contributed by atoms with Crippen LogP contribution in [-0.2, 0) is 11.3 Å². The molecule has 0 saturated heterocycles. The zero-order valence-corrected chi connectivity index (χ0v) is 13.8. The molecule has 4 aromatic rings. The monoisotopic (exact) mass is 348 g/mol. The Kier molecular flexibility index (Phi) is 4.38. The van der Waals surface area contributed by atoms with Gasteiger partial charge in [0, 0.05) is 6.07 Å². The molecule has 0 atom stereocenters. The number of hydrogen-bond donors (Lipinski definition) is 1. The fourth-order valence-corrected chi connectivity index (χ4v) is 2.58. The topological polar surface area (TPSA) is 77.5 Å². The number of rotatable bonds is 6. The van der Waals surface area contributed by atoms with Gasteiger partial charge < -0.3 is 19.0 Å². The summed E-state index contributed by atoms with van der Waals surface area (Å²) in [6.07, 6.45) is 1.56. The minimum Gasteiger partial charge on any atom is -0.484 e. The summed E-state index contributed by atoms with van der Waals surface area (Å²) in [5, 5.41) is 8.85. The van der Waals surface area contributed by atoms with Gasteiger partial charge in [0.1, 0.15) is 11.4 Å². The maximum Gasteiger partial charge on any atom is 0.258 e. The van der Waals surface area contributed by atoms with Gasteiger partial charge in [-0.15, -0.1) is 0 Å². The Hall–Kier alpha value is -3.54. The first kappa shape index (κ1) is 16.0. The van der Waals surface area contributed by atoms with Crippen LogP contribution in [0.4, 0.5) is 0 Å². The van der Waals surface area contributed by atoms with Crippen molar-refractivity contribution in [2.45, 2.75) is 6.54 Å². The number of fused-ring (bicyclic) bond motifs is 1. The molecule has 0 aliphatic carbocycles. The van der Waals surface area contributed by atoms with E-state index in [-0.39, 0.29) is 19.1 Å². The molecule has 2 aromatic carbocycles. The van der Waals surface area contributed by atoms with Gasteiger partial charge in [0.2, 0.25) is 5.76 Å². The molecule has 0 aliphatic rings. The molecular weight excluding hydrogens is 332 g/mol. The fourth-order valence-electron chi connectivity index (χ4n) is 2.58. The average Bonchev–Trinajstić information content (AvgIpc) is 3.36. The van der Waals surface area contributed by atoms with Crippen molar-refractivity contribution in [3.05, 3.63) is 72.6 Å². The van der Waals surface area contributed by atoms with Crippen LogP contribution in [0.25, 0.3) is 22.3 Å². The third-order valence-electron chi connectivity index (χ3n) is 3.88. The summed E-state index contributed by atoms with van der Waals surface area (Å²) in [7, 11) is 0. The van der Waals surface area contributed by atoms with Gasteiger partial charge in [-0.3, -0.25) is 4.79 Å². The molecule has 6 nitrogen and oxygen atoms in total. The van der Waals surface area contributed by atoms with E-state index in [4.69, 9.17) is 13.7 Å². The van der Waals surface area contributed by atoms with Crippen LogP contribution in [0.2, 0.25) is 0 Å². The summed E-state index contributed by atoms with van der Waals surface area (Å²) < 4.78 is 16.0. The van der Waals surface area contributed by atoms with Crippen molar-refractivity contribution in [3.63, 3.8) is 0 Å². The molecule has 130 valence electrons. The van der Waals surface area contributed by atoms with Crippen molar-refractivity contribution in [1.29, 1.82) is 0 Å². The lowest BCUT2D eigenvalue weighted by atomic mass is 10.1. The lowest BCUT2D eigenvalue weighted by Crippen LogP contribution is -2.28. The molecule has 2 aromatic heterocycles. The van der Waals surface area contributed by atoms with E-state index in [2.05, 4.69) is 10.5 Å². The lowest BCUT2D eigenvalue weighted by Gasteiger charge is -2.07. The minimum atomic E-state index is -0.235. The number of carbonyl (C=O) groups is 1. The van der Waals surface area contributed by atoms with E-state index in [0.29, 0.717) is 23.0 Å². The van der Waals surface area contributed by atoms with Crippen LogP contribution in [0, 0.1) is 0 Å². The summed E-state index contributed by atoms with van der Waals surface area (Å²) in [5.74, 6) is 1.53. The second kappa shape index (κ2) is 7.14. The standard InChI is InChI=1S/C20H16N2O4/c23-20(13-25-17-8-7-14-4-1-2-5-15(14)10-17)21-12-16-11-19(26-22-16)18-6-3-9-24-18/h1-11H,12-13H2,(H,21,23). The summed E-state index contributed by atoms with van der Waals surface area (Å²) in [6.45, 7) is 0.186. The Balaban J connectivity index is 1.30. The Morgan fingerprint density at radius 2 is 1.88 bits per heavy atom. The van der Waals surface area contributed by atoms with Crippen molar-refractivity contribution in [2.75, 3.05) is 6.61 Å². The highest BCUT2D eigenvalue weighted by Gasteiger charge is 2.10. The van der Waals surface area contributed by atoms with E-state index in [1.54, 1.807) is 24.5 Å². The van der Waals surface area contributed by atoms with Crippen LogP contribution >= 0.6 is 0 Å². The summed E-state index contributed by atoms with van der Waals surface area (Å²) in [6, 6.07) is 19.0. The van der Waals surface area contributed by atoms with E-state index in [9.17, 15) is 4.79 Å². The highest BCUT2D eigenvalue weighted by Crippen LogP contribution is 2.21. The molecule has 0 spiro atoms. The molecule has 1 amide bonds. The van der Waals surface area contributed by atoms with Crippen molar-refractivity contribution in [1.82, 2.24) is 10.5 Å². The summed E-state index contributed by atoms with van der Waals surface area (Å²) >= 11 is 0.